The van der Waals surface area contributed by atoms with Crippen molar-refractivity contribution in [3.05, 3.63) is 75.5 Å². The number of halogens is 1. The van der Waals surface area contributed by atoms with Crippen molar-refractivity contribution < 1.29 is 0 Å². The van der Waals surface area contributed by atoms with E-state index < -0.39 is 0 Å². The molecule has 0 aromatic heterocycles. The van der Waals surface area contributed by atoms with E-state index in [0.29, 0.717) is 0 Å². The minimum atomic E-state index is 1.000. The Morgan fingerprint density at radius 1 is 1.15 bits per heavy atom. The highest BCUT2D eigenvalue weighted by molar-refractivity contribution is 14.1. The number of allylic oxidation sites excluding steroid dienone is 1. The quantitative estimate of drug-likeness (QED) is 0.651. The van der Waals surface area contributed by atoms with Gasteiger partial charge >= 0.3 is 0 Å². The summed E-state index contributed by atoms with van der Waals surface area (Å²) in [5.41, 5.74) is 4.91. The van der Waals surface area contributed by atoms with E-state index in [1.54, 1.807) is 0 Å². The van der Waals surface area contributed by atoms with Crippen LogP contribution in [0, 0.1) is 10.5 Å². The summed E-state index contributed by atoms with van der Waals surface area (Å²) in [6.07, 6.45) is 3.23. The van der Waals surface area contributed by atoms with E-state index in [1.807, 2.05) is 0 Å². The summed E-state index contributed by atoms with van der Waals surface area (Å²) in [7, 11) is 0. The minimum absolute atomic E-state index is 1.000. The molecular weight excluding hydrogens is 357 g/mol. The molecule has 2 heteroatoms. The summed E-state index contributed by atoms with van der Waals surface area (Å²) in [6.45, 7) is 6.25. The fraction of sp³-hybridized carbons (Fsp3) is 0.222. The highest BCUT2D eigenvalue weighted by atomic mass is 127. The third kappa shape index (κ3) is 4.67. The molecule has 104 valence electrons. The van der Waals surface area contributed by atoms with Crippen LogP contribution >= 0.6 is 22.6 Å². The summed E-state index contributed by atoms with van der Waals surface area (Å²) < 4.78 is 1.29. The maximum Gasteiger partial charge on any atom is 0.0385 e. The van der Waals surface area contributed by atoms with Crippen LogP contribution in [-0.2, 0) is 6.42 Å². The molecule has 0 atom stereocenters. The Morgan fingerprint density at radius 2 is 1.90 bits per heavy atom. The number of benzene rings is 2. The molecule has 0 amide bonds. The van der Waals surface area contributed by atoms with Crippen molar-refractivity contribution in [2.75, 3.05) is 5.32 Å². The molecule has 0 spiro atoms. The monoisotopic (exact) mass is 377 g/mol. The van der Waals surface area contributed by atoms with Gasteiger partial charge in [0.15, 0.2) is 0 Å². The van der Waals surface area contributed by atoms with Gasteiger partial charge in [0.1, 0.15) is 0 Å². The zero-order chi connectivity index (χ0) is 14.4. The van der Waals surface area contributed by atoms with Crippen LogP contribution in [-0.4, -0.2) is 0 Å². The minimum Gasteiger partial charge on any atom is -0.359 e. The normalized spacial score (nSPS) is 10.3. The Labute approximate surface area is 135 Å². The molecule has 2 aromatic carbocycles. The van der Waals surface area contributed by atoms with E-state index in [9.17, 15) is 0 Å². The summed E-state index contributed by atoms with van der Waals surface area (Å²) in [5.74, 6) is 0. The lowest BCUT2D eigenvalue weighted by Crippen LogP contribution is -1.99. The van der Waals surface area contributed by atoms with Crippen molar-refractivity contribution in [1.29, 1.82) is 0 Å². The molecule has 0 bridgehead atoms. The molecular formula is C18H20IN. The fourth-order valence-corrected chi connectivity index (χ4v) is 2.48. The van der Waals surface area contributed by atoms with Crippen molar-refractivity contribution in [2.45, 2.75) is 26.2 Å². The Hall–Kier alpha value is -1.29. The highest BCUT2D eigenvalue weighted by Crippen LogP contribution is 2.19. The molecule has 0 radical (unpaired) electrons. The van der Waals surface area contributed by atoms with Crippen LogP contribution in [0.25, 0.3) is 0 Å². The Kier molecular flexibility index (Phi) is 5.65. The van der Waals surface area contributed by atoms with Gasteiger partial charge < -0.3 is 5.32 Å². The first-order valence-corrected chi connectivity index (χ1v) is 7.98. The predicted octanol–water partition coefficient (Wildman–Crippen LogP) is 5.55. The number of hydrogen-bond donors (Lipinski definition) is 1. The van der Waals surface area contributed by atoms with Gasteiger partial charge in [-0.2, -0.15) is 0 Å². The highest BCUT2D eigenvalue weighted by Gasteiger charge is 2.00. The first-order chi connectivity index (χ1) is 9.65. The van der Waals surface area contributed by atoms with E-state index in [1.165, 1.54) is 14.7 Å². The number of rotatable bonds is 6. The summed E-state index contributed by atoms with van der Waals surface area (Å²) >= 11 is 2.35. The SMILES string of the molecule is C=C(CCCc1ccccc1)Nc1ccc(I)c(C)c1. The topological polar surface area (TPSA) is 12.0 Å². The van der Waals surface area contributed by atoms with Crippen LogP contribution in [0.4, 0.5) is 5.69 Å². The molecule has 0 unspecified atom stereocenters. The largest absolute Gasteiger partial charge is 0.359 e. The molecule has 0 saturated carbocycles. The van der Waals surface area contributed by atoms with E-state index in [-0.39, 0.29) is 0 Å². The maximum absolute atomic E-state index is 4.12. The lowest BCUT2D eigenvalue weighted by Gasteiger charge is -2.11. The standard InChI is InChI=1S/C18H20IN/c1-14-13-17(11-12-18(14)19)20-15(2)7-6-10-16-8-4-3-5-9-16/h3-5,8-9,11-13,20H,2,6-7,10H2,1H3. The van der Waals surface area contributed by atoms with Gasteiger partial charge in [0.25, 0.3) is 0 Å². The van der Waals surface area contributed by atoms with Gasteiger partial charge in [0, 0.05) is 15.0 Å². The summed E-state index contributed by atoms with van der Waals surface area (Å²) in [4.78, 5) is 0. The molecule has 2 aromatic rings. The average Bonchev–Trinajstić information content (AvgIpc) is 2.44. The van der Waals surface area contributed by atoms with Crippen LogP contribution < -0.4 is 5.32 Å². The van der Waals surface area contributed by atoms with Crippen LogP contribution in [0.1, 0.15) is 24.0 Å². The molecule has 0 heterocycles. The van der Waals surface area contributed by atoms with Crippen LogP contribution in [0.2, 0.25) is 0 Å². The molecule has 0 aliphatic heterocycles. The molecule has 0 saturated heterocycles. The van der Waals surface area contributed by atoms with Crippen molar-refractivity contribution in [1.82, 2.24) is 0 Å². The second-order valence-electron chi connectivity index (χ2n) is 5.03. The molecule has 1 nitrogen and oxygen atoms in total. The number of hydrogen-bond acceptors (Lipinski definition) is 1. The molecule has 0 aliphatic rings. The third-order valence-electron chi connectivity index (χ3n) is 3.27. The van der Waals surface area contributed by atoms with Crippen molar-refractivity contribution >= 4 is 28.3 Å². The van der Waals surface area contributed by atoms with E-state index in [4.69, 9.17) is 0 Å². The van der Waals surface area contributed by atoms with Crippen LogP contribution in [0.15, 0.2) is 60.8 Å². The fourth-order valence-electron chi connectivity index (χ4n) is 2.14. The summed E-state index contributed by atoms with van der Waals surface area (Å²) in [6, 6.07) is 17.0. The van der Waals surface area contributed by atoms with Gasteiger partial charge in [-0.05, 0) is 78.1 Å². The maximum atomic E-state index is 4.12. The van der Waals surface area contributed by atoms with Gasteiger partial charge in [-0.25, -0.2) is 0 Å². The number of aryl methyl sites for hydroxylation is 2. The van der Waals surface area contributed by atoms with E-state index >= 15 is 0 Å². The van der Waals surface area contributed by atoms with Crippen LogP contribution in [0.3, 0.4) is 0 Å². The third-order valence-corrected chi connectivity index (χ3v) is 4.48. The van der Waals surface area contributed by atoms with E-state index in [0.717, 1.165) is 30.6 Å². The predicted molar refractivity (Wildman–Crippen MR) is 96.0 cm³/mol. The van der Waals surface area contributed by atoms with Gasteiger partial charge in [0.05, 0.1) is 0 Å². The lowest BCUT2D eigenvalue weighted by atomic mass is 10.1. The zero-order valence-electron chi connectivity index (χ0n) is 11.8. The molecule has 1 N–H and O–H groups in total. The van der Waals surface area contributed by atoms with Crippen molar-refractivity contribution in [3.8, 4) is 0 Å². The zero-order valence-corrected chi connectivity index (χ0v) is 14.0. The molecule has 20 heavy (non-hydrogen) atoms. The Morgan fingerprint density at radius 3 is 2.60 bits per heavy atom. The molecule has 0 fully saturated rings. The summed E-state index contributed by atoms with van der Waals surface area (Å²) in [5, 5.41) is 3.40. The first-order valence-electron chi connectivity index (χ1n) is 6.90. The van der Waals surface area contributed by atoms with E-state index in [2.05, 4.69) is 89.9 Å². The van der Waals surface area contributed by atoms with Crippen molar-refractivity contribution in [3.63, 3.8) is 0 Å². The van der Waals surface area contributed by atoms with Gasteiger partial charge in [0.2, 0.25) is 0 Å². The second kappa shape index (κ2) is 7.48. The first kappa shape index (κ1) is 15.1. The number of nitrogens with one attached hydrogen (secondary N) is 1. The Balaban J connectivity index is 1.79. The van der Waals surface area contributed by atoms with Gasteiger partial charge in [-0.15, -0.1) is 0 Å². The van der Waals surface area contributed by atoms with Crippen molar-refractivity contribution in [2.24, 2.45) is 0 Å². The Bertz CT molecular complexity index is 575. The lowest BCUT2D eigenvalue weighted by molar-refractivity contribution is 0.816. The van der Waals surface area contributed by atoms with Gasteiger partial charge in [-0.3, -0.25) is 0 Å². The average molecular weight is 377 g/mol. The second-order valence-corrected chi connectivity index (χ2v) is 6.19. The smallest absolute Gasteiger partial charge is 0.0385 e. The van der Waals surface area contributed by atoms with Gasteiger partial charge in [-0.1, -0.05) is 36.9 Å². The molecule has 2 rings (SSSR count). The van der Waals surface area contributed by atoms with Crippen LogP contribution in [0.5, 0.6) is 0 Å². The molecule has 0 aliphatic carbocycles. The number of anilines is 1.